The lowest BCUT2D eigenvalue weighted by atomic mass is 10.2. The number of rotatable bonds is 8. The van der Waals surface area contributed by atoms with Crippen molar-refractivity contribution in [2.75, 3.05) is 39.3 Å². The lowest BCUT2D eigenvalue weighted by molar-refractivity contribution is 0.126. The molecule has 2 heterocycles. The lowest BCUT2D eigenvalue weighted by Crippen LogP contribution is -2.46. The quantitative estimate of drug-likeness (QED) is 0.527. The maximum atomic E-state index is 12.5. The Morgan fingerprint density at radius 1 is 1.00 bits per heavy atom. The predicted octanol–water partition coefficient (Wildman–Crippen LogP) is 1.61. The van der Waals surface area contributed by atoms with Crippen molar-refractivity contribution in [2.45, 2.75) is 17.9 Å². The van der Waals surface area contributed by atoms with Crippen molar-refractivity contribution in [1.29, 1.82) is 0 Å². The van der Waals surface area contributed by atoms with E-state index in [1.54, 1.807) is 0 Å². The number of nitrogens with zero attached hydrogens (tertiary/aromatic N) is 2. The standard InChI is InChI=1S/C21H26N4O4S/c26-21-23-19-8-7-18(15-20(19)29-21)30(27,28)22-9-4-10-24-11-13-25(14-12-24)16-17-5-2-1-3-6-17/h1-3,5-8,15,22H,4,9-14,16H2,(H,23,26). The van der Waals surface area contributed by atoms with E-state index in [2.05, 4.69) is 43.8 Å². The van der Waals surface area contributed by atoms with Gasteiger partial charge in [0.05, 0.1) is 10.4 Å². The third kappa shape index (κ3) is 5.17. The van der Waals surface area contributed by atoms with Gasteiger partial charge < -0.3 is 9.32 Å². The largest absolute Gasteiger partial charge is 0.417 e. The second kappa shape index (κ2) is 9.13. The van der Waals surface area contributed by atoms with Crippen molar-refractivity contribution in [1.82, 2.24) is 19.5 Å². The average Bonchev–Trinajstić information content (AvgIpc) is 3.12. The zero-order valence-corrected chi connectivity index (χ0v) is 17.5. The first-order valence-electron chi connectivity index (χ1n) is 10.1. The third-order valence-electron chi connectivity index (χ3n) is 5.36. The Bertz CT molecular complexity index is 1130. The summed E-state index contributed by atoms with van der Waals surface area (Å²) in [5, 5.41) is 0. The van der Waals surface area contributed by atoms with Crippen molar-refractivity contribution in [3.05, 3.63) is 64.6 Å². The number of sulfonamides is 1. The Balaban J connectivity index is 1.20. The Labute approximate surface area is 175 Å². The van der Waals surface area contributed by atoms with E-state index in [-0.39, 0.29) is 10.5 Å². The number of hydrogen-bond donors (Lipinski definition) is 2. The fraction of sp³-hybridized carbons (Fsp3) is 0.381. The van der Waals surface area contributed by atoms with Crippen LogP contribution in [0.2, 0.25) is 0 Å². The molecule has 30 heavy (non-hydrogen) atoms. The molecule has 2 N–H and O–H groups in total. The molecular formula is C21H26N4O4S. The van der Waals surface area contributed by atoms with Crippen LogP contribution >= 0.6 is 0 Å². The van der Waals surface area contributed by atoms with E-state index in [1.807, 2.05) is 6.07 Å². The Hall–Kier alpha value is -2.46. The van der Waals surface area contributed by atoms with Crippen LogP contribution in [-0.4, -0.2) is 62.5 Å². The normalized spacial score (nSPS) is 16.3. The third-order valence-corrected chi connectivity index (χ3v) is 6.82. The fourth-order valence-electron chi connectivity index (χ4n) is 3.70. The molecule has 0 bridgehead atoms. The van der Waals surface area contributed by atoms with Crippen LogP contribution in [0.4, 0.5) is 0 Å². The van der Waals surface area contributed by atoms with Gasteiger partial charge in [-0.2, -0.15) is 0 Å². The van der Waals surface area contributed by atoms with E-state index < -0.39 is 15.8 Å². The molecule has 1 aliphatic rings. The van der Waals surface area contributed by atoms with Crippen LogP contribution in [0.1, 0.15) is 12.0 Å². The van der Waals surface area contributed by atoms with E-state index in [0.29, 0.717) is 12.1 Å². The van der Waals surface area contributed by atoms with Crippen molar-refractivity contribution in [3.8, 4) is 0 Å². The summed E-state index contributed by atoms with van der Waals surface area (Å²) < 4.78 is 32.6. The molecule has 0 amide bonds. The second-order valence-electron chi connectivity index (χ2n) is 7.53. The molecule has 2 aromatic carbocycles. The number of oxazole rings is 1. The number of piperazine rings is 1. The maximum Gasteiger partial charge on any atom is 0.417 e. The molecule has 1 saturated heterocycles. The van der Waals surface area contributed by atoms with Gasteiger partial charge in [-0.05, 0) is 30.7 Å². The molecule has 0 unspecified atom stereocenters. The molecule has 9 heteroatoms. The van der Waals surface area contributed by atoms with Gasteiger partial charge in [0.1, 0.15) is 0 Å². The minimum absolute atomic E-state index is 0.0901. The van der Waals surface area contributed by atoms with E-state index in [9.17, 15) is 13.2 Å². The first kappa shape index (κ1) is 20.8. The minimum atomic E-state index is -3.64. The van der Waals surface area contributed by atoms with Crippen LogP contribution in [-0.2, 0) is 16.6 Å². The summed E-state index contributed by atoms with van der Waals surface area (Å²) in [5.41, 5.74) is 2.04. The Morgan fingerprint density at radius 3 is 2.50 bits per heavy atom. The highest BCUT2D eigenvalue weighted by Gasteiger charge is 2.18. The van der Waals surface area contributed by atoms with Gasteiger partial charge in [-0.3, -0.25) is 9.88 Å². The molecule has 0 atom stereocenters. The summed E-state index contributed by atoms with van der Waals surface area (Å²) in [6.07, 6.45) is 0.736. The molecule has 1 aliphatic heterocycles. The molecule has 3 aromatic rings. The number of H-pyrrole nitrogens is 1. The molecule has 0 saturated carbocycles. The Kier molecular flexibility index (Phi) is 6.33. The van der Waals surface area contributed by atoms with Gasteiger partial charge in [0.25, 0.3) is 0 Å². The molecule has 0 aliphatic carbocycles. The molecule has 160 valence electrons. The number of aromatic nitrogens is 1. The number of nitrogens with one attached hydrogen (secondary N) is 2. The van der Waals surface area contributed by atoms with Crippen molar-refractivity contribution >= 4 is 21.1 Å². The summed E-state index contributed by atoms with van der Waals surface area (Å²) in [7, 11) is -3.64. The van der Waals surface area contributed by atoms with Crippen LogP contribution in [0, 0.1) is 0 Å². The number of hydrogen-bond acceptors (Lipinski definition) is 6. The maximum absolute atomic E-state index is 12.5. The molecule has 4 rings (SSSR count). The monoisotopic (exact) mass is 430 g/mol. The lowest BCUT2D eigenvalue weighted by Gasteiger charge is -2.34. The van der Waals surface area contributed by atoms with Gasteiger partial charge in [0.15, 0.2) is 5.58 Å². The van der Waals surface area contributed by atoms with Crippen molar-refractivity contribution < 1.29 is 12.8 Å². The van der Waals surface area contributed by atoms with Gasteiger partial charge in [0, 0.05) is 45.3 Å². The van der Waals surface area contributed by atoms with Crippen LogP contribution in [0.5, 0.6) is 0 Å². The Morgan fingerprint density at radius 2 is 1.73 bits per heavy atom. The highest BCUT2D eigenvalue weighted by Crippen LogP contribution is 2.16. The SMILES string of the molecule is O=c1[nH]c2ccc(S(=O)(=O)NCCCN3CCN(Cc4ccccc4)CC3)cc2o1. The summed E-state index contributed by atoms with van der Waals surface area (Å²) >= 11 is 0. The average molecular weight is 431 g/mol. The van der Waals surface area contributed by atoms with E-state index in [0.717, 1.165) is 45.7 Å². The van der Waals surface area contributed by atoms with Crippen molar-refractivity contribution in [2.24, 2.45) is 0 Å². The van der Waals surface area contributed by atoms with Gasteiger partial charge >= 0.3 is 5.76 Å². The minimum Gasteiger partial charge on any atom is -0.408 e. The van der Waals surface area contributed by atoms with Gasteiger partial charge in [0.2, 0.25) is 10.0 Å². The second-order valence-corrected chi connectivity index (χ2v) is 9.29. The van der Waals surface area contributed by atoms with Crippen molar-refractivity contribution in [3.63, 3.8) is 0 Å². The highest BCUT2D eigenvalue weighted by molar-refractivity contribution is 7.89. The molecular weight excluding hydrogens is 404 g/mol. The molecule has 0 radical (unpaired) electrons. The first-order valence-corrected chi connectivity index (χ1v) is 11.6. The van der Waals surface area contributed by atoms with Gasteiger partial charge in [-0.25, -0.2) is 17.9 Å². The smallest absolute Gasteiger partial charge is 0.408 e. The summed E-state index contributed by atoms with van der Waals surface area (Å²) in [5.74, 6) is -0.601. The van der Waals surface area contributed by atoms with Crippen LogP contribution in [0.15, 0.2) is 62.6 Å². The first-order chi connectivity index (χ1) is 14.5. The zero-order chi connectivity index (χ0) is 21.0. The van der Waals surface area contributed by atoms with Gasteiger partial charge in [-0.15, -0.1) is 0 Å². The fourth-order valence-corrected chi connectivity index (χ4v) is 4.79. The number of aromatic amines is 1. The molecule has 0 spiro atoms. The topological polar surface area (TPSA) is 98.6 Å². The van der Waals surface area contributed by atoms with Crippen LogP contribution in [0.3, 0.4) is 0 Å². The highest BCUT2D eigenvalue weighted by atomic mass is 32.2. The van der Waals surface area contributed by atoms with E-state index in [1.165, 1.54) is 23.8 Å². The van der Waals surface area contributed by atoms with E-state index >= 15 is 0 Å². The number of benzene rings is 2. The summed E-state index contributed by atoms with van der Waals surface area (Å²) in [4.78, 5) is 18.6. The van der Waals surface area contributed by atoms with Gasteiger partial charge in [-0.1, -0.05) is 30.3 Å². The zero-order valence-electron chi connectivity index (χ0n) is 16.7. The predicted molar refractivity (Wildman–Crippen MR) is 115 cm³/mol. The summed E-state index contributed by atoms with van der Waals surface area (Å²) in [6, 6.07) is 14.8. The number of fused-ring (bicyclic) bond motifs is 1. The summed E-state index contributed by atoms with van der Waals surface area (Å²) in [6.45, 7) is 6.20. The molecule has 8 nitrogen and oxygen atoms in total. The van der Waals surface area contributed by atoms with E-state index in [4.69, 9.17) is 4.42 Å². The van der Waals surface area contributed by atoms with Crippen LogP contribution < -0.4 is 10.5 Å². The molecule has 1 fully saturated rings. The van der Waals surface area contributed by atoms with Crippen LogP contribution in [0.25, 0.3) is 11.1 Å². The molecule has 1 aromatic heterocycles.